The van der Waals surface area contributed by atoms with Crippen molar-refractivity contribution in [3.05, 3.63) is 47.0 Å². The lowest BCUT2D eigenvalue weighted by Crippen LogP contribution is -2.32. The third kappa shape index (κ3) is 5.46. The molecular weight excluding hydrogens is 344 g/mol. The lowest BCUT2D eigenvalue weighted by Gasteiger charge is -2.13. The minimum atomic E-state index is -0.359. The zero-order valence-corrected chi connectivity index (χ0v) is 15.1. The fourth-order valence-corrected chi connectivity index (χ4v) is 2.29. The van der Waals surface area contributed by atoms with Gasteiger partial charge >= 0.3 is 6.03 Å². The van der Waals surface area contributed by atoms with E-state index in [4.69, 9.17) is 25.8 Å². The van der Waals surface area contributed by atoms with Gasteiger partial charge in [0.05, 0.1) is 31.5 Å². The Morgan fingerprint density at radius 3 is 2.60 bits per heavy atom. The summed E-state index contributed by atoms with van der Waals surface area (Å²) in [5.74, 6) is 1.75. The largest absolute Gasteiger partial charge is 0.497 e. The number of halogens is 1. The molecule has 0 heterocycles. The highest BCUT2D eigenvalue weighted by Gasteiger charge is 2.09. The molecule has 0 saturated heterocycles. The predicted octanol–water partition coefficient (Wildman–Crippen LogP) is 3.87. The van der Waals surface area contributed by atoms with E-state index in [-0.39, 0.29) is 6.03 Å². The van der Waals surface area contributed by atoms with Gasteiger partial charge in [0.15, 0.2) is 0 Å². The standard InChI is InChI=1S/C18H21ClN2O4/c1-12-4-6-14(19)16(10-12)25-9-8-20-18(22)21-15-7-5-13(23-2)11-17(15)24-3/h4-7,10-11H,8-9H2,1-3H3,(H2,20,21,22). The van der Waals surface area contributed by atoms with Gasteiger partial charge in [-0.1, -0.05) is 17.7 Å². The molecule has 0 unspecified atom stereocenters. The Labute approximate surface area is 152 Å². The van der Waals surface area contributed by atoms with E-state index in [1.165, 1.54) is 7.11 Å². The normalized spacial score (nSPS) is 10.1. The second-order valence-corrected chi connectivity index (χ2v) is 5.64. The van der Waals surface area contributed by atoms with Crippen molar-refractivity contribution >= 4 is 23.3 Å². The molecule has 2 N–H and O–H groups in total. The van der Waals surface area contributed by atoms with E-state index in [1.54, 1.807) is 31.4 Å². The van der Waals surface area contributed by atoms with Crippen LogP contribution in [0, 0.1) is 6.92 Å². The first-order valence-electron chi connectivity index (χ1n) is 7.69. The molecule has 25 heavy (non-hydrogen) atoms. The van der Waals surface area contributed by atoms with Gasteiger partial charge in [-0.3, -0.25) is 0 Å². The number of methoxy groups -OCH3 is 2. The molecule has 0 fully saturated rings. The Morgan fingerprint density at radius 2 is 1.88 bits per heavy atom. The molecule has 0 radical (unpaired) electrons. The third-order valence-corrected chi connectivity index (χ3v) is 3.70. The Hall–Kier alpha value is -2.60. The van der Waals surface area contributed by atoms with Gasteiger partial charge in [0.25, 0.3) is 0 Å². The summed E-state index contributed by atoms with van der Waals surface area (Å²) in [4.78, 5) is 12.0. The Balaban J connectivity index is 1.82. The summed E-state index contributed by atoms with van der Waals surface area (Å²) in [7, 11) is 3.09. The molecule has 0 spiro atoms. The van der Waals surface area contributed by atoms with Crippen LogP contribution in [0.5, 0.6) is 17.2 Å². The van der Waals surface area contributed by atoms with Crippen molar-refractivity contribution in [1.29, 1.82) is 0 Å². The van der Waals surface area contributed by atoms with Crippen LogP contribution >= 0.6 is 11.6 Å². The van der Waals surface area contributed by atoms with Crippen molar-refractivity contribution < 1.29 is 19.0 Å². The number of amides is 2. The number of hydrogen-bond acceptors (Lipinski definition) is 4. The molecule has 0 aromatic heterocycles. The van der Waals surface area contributed by atoms with Gasteiger partial charge in [-0.05, 0) is 36.8 Å². The molecule has 0 saturated carbocycles. The number of anilines is 1. The van der Waals surface area contributed by atoms with Gasteiger partial charge in [0, 0.05) is 6.07 Å². The SMILES string of the molecule is COc1ccc(NC(=O)NCCOc2cc(C)ccc2Cl)c(OC)c1. The summed E-state index contributed by atoms with van der Waals surface area (Å²) in [6.07, 6.45) is 0. The van der Waals surface area contributed by atoms with Crippen molar-refractivity contribution in [3.63, 3.8) is 0 Å². The zero-order valence-electron chi connectivity index (χ0n) is 14.4. The number of hydrogen-bond donors (Lipinski definition) is 2. The van der Waals surface area contributed by atoms with E-state index in [0.29, 0.717) is 41.1 Å². The van der Waals surface area contributed by atoms with Crippen LogP contribution in [0.3, 0.4) is 0 Å². The molecule has 134 valence electrons. The van der Waals surface area contributed by atoms with Gasteiger partial charge < -0.3 is 24.8 Å². The Morgan fingerprint density at radius 1 is 1.08 bits per heavy atom. The van der Waals surface area contributed by atoms with Gasteiger partial charge in [-0.25, -0.2) is 4.79 Å². The smallest absolute Gasteiger partial charge is 0.319 e. The molecule has 2 rings (SSSR count). The number of aryl methyl sites for hydroxylation is 1. The molecule has 2 aromatic rings. The molecule has 2 aromatic carbocycles. The van der Waals surface area contributed by atoms with Crippen LogP contribution in [0.15, 0.2) is 36.4 Å². The highest BCUT2D eigenvalue weighted by Crippen LogP contribution is 2.29. The molecule has 6 nitrogen and oxygen atoms in total. The summed E-state index contributed by atoms with van der Waals surface area (Å²) in [5, 5.41) is 5.97. The van der Waals surface area contributed by atoms with Gasteiger partial charge in [0.2, 0.25) is 0 Å². The number of nitrogens with one attached hydrogen (secondary N) is 2. The van der Waals surface area contributed by atoms with E-state index in [2.05, 4.69) is 10.6 Å². The summed E-state index contributed by atoms with van der Waals surface area (Å²) in [5.41, 5.74) is 1.60. The lowest BCUT2D eigenvalue weighted by molar-refractivity contribution is 0.247. The highest BCUT2D eigenvalue weighted by molar-refractivity contribution is 6.32. The van der Waals surface area contributed by atoms with Crippen molar-refractivity contribution in [2.45, 2.75) is 6.92 Å². The molecule has 0 atom stereocenters. The van der Waals surface area contributed by atoms with Crippen LogP contribution in [0.4, 0.5) is 10.5 Å². The second kappa shape index (κ2) is 9.03. The van der Waals surface area contributed by atoms with E-state index in [0.717, 1.165) is 5.56 Å². The van der Waals surface area contributed by atoms with Crippen LogP contribution in [0.25, 0.3) is 0 Å². The van der Waals surface area contributed by atoms with Crippen LogP contribution in [0.2, 0.25) is 5.02 Å². The van der Waals surface area contributed by atoms with Gasteiger partial charge in [-0.15, -0.1) is 0 Å². The number of carbonyl (C=O) groups excluding carboxylic acids is 1. The molecule has 7 heteroatoms. The molecule has 2 amide bonds. The number of benzene rings is 2. The van der Waals surface area contributed by atoms with Crippen molar-refractivity contribution in [3.8, 4) is 17.2 Å². The van der Waals surface area contributed by atoms with Crippen molar-refractivity contribution in [2.24, 2.45) is 0 Å². The third-order valence-electron chi connectivity index (χ3n) is 3.39. The summed E-state index contributed by atoms with van der Waals surface area (Å²) >= 11 is 6.05. The van der Waals surface area contributed by atoms with Crippen LogP contribution in [-0.2, 0) is 0 Å². The minimum Gasteiger partial charge on any atom is -0.497 e. The summed E-state index contributed by atoms with van der Waals surface area (Å²) < 4.78 is 15.9. The Kier molecular flexibility index (Phi) is 6.77. The maximum Gasteiger partial charge on any atom is 0.319 e. The summed E-state index contributed by atoms with van der Waals surface area (Å²) in [6.45, 7) is 2.59. The second-order valence-electron chi connectivity index (χ2n) is 5.23. The first kappa shape index (κ1) is 18.7. The number of rotatable bonds is 7. The quantitative estimate of drug-likeness (QED) is 0.732. The van der Waals surface area contributed by atoms with Gasteiger partial charge in [0.1, 0.15) is 23.9 Å². The van der Waals surface area contributed by atoms with Crippen LogP contribution in [-0.4, -0.2) is 33.4 Å². The molecule has 0 aliphatic carbocycles. The zero-order chi connectivity index (χ0) is 18.2. The van der Waals surface area contributed by atoms with Crippen molar-refractivity contribution in [1.82, 2.24) is 5.32 Å². The minimum absolute atomic E-state index is 0.302. The fraction of sp³-hybridized carbons (Fsp3) is 0.278. The van der Waals surface area contributed by atoms with Crippen LogP contribution < -0.4 is 24.8 Å². The average molecular weight is 365 g/mol. The first-order chi connectivity index (χ1) is 12.0. The lowest BCUT2D eigenvalue weighted by atomic mass is 10.2. The maximum atomic E-state index is 12.0. The van der Waals surface area contributed by atoms with Gasteiger partial charge in [-0.2, -0.15) is 0 Å². The van der Waals surface area contributed by atoms with Crippen molar-refractivity contribution in [2.75, 3.05) is 32.7 Å². The summed E-state index contributed by atoms with van der Waals surface area (Å²) in [6, 6.07) is 10.3. The maximum absolute atomic E-state index is 12.0. The van der Waals surface area contributed by atoms with Crippen LogP contribution in [0.1, 0.15) is 5.56 Å². The topological polar surface area (TPSA) is 68.8 Å². The van der Waals surface area contributed by atoms with E-state index in [1.807, 2.05) is 19.1 Å². The Bertz CT molecular complexity index is 737. The van der Waals surface area contributed by atoms with E-state index < -0.39 is 0 Å². The highest BCUT2D eigenvalue weighted by atomic mass is 35.5. The molecular formula is C18H21ClN2O4. The fourth-order valence-electron chi connectivity index (χ4n) is 2.12. The number of ether oxygens (including phenoxy) is 3. The molecule has 0 bridgehead atoms. The number of carbonyl (C=O) groups is 1. The van der Waals surface area contributed by atoms with E-state index >= 15 is 0 Å². The predicted molar refractivity (Wildman–Crippen MR) is 98.3 cm³/mol. The monoisotopic (exact) mass is 364 g/mol. The number of urea groups is 1. The molecule has 0 aliphatic heterocycles. The van der Waals surface area contributed by atoms with E-state index in [9.17, 15) is 4.79 Å². The molecule has 0 aliphatic rings. The average Bonchev–Trinajstić information content (AvgIpc) is 2.61. The first-order valence-corrected chi connectivity index (χ1v) is 8.07.